The highest BCUT2D eigenvalue weighted by atomic mass is 16.3. The van der Waals surface area contributed by atoms with Crippen LogP contribution in [0.15, 0.2) is 0 Å². The molecule has 1 aliphatic rings. The van der Waals surface area contributed by atoms with Gasteiger partial charge < -0.3 is 15.3 Å². The zero-order valence-electron chi connectivity index (χ0n) is 12.8. The molecule has 0 spiro atoms. The highest BCUT2D eigenvalue weighted by Gasteiger charge is 2.27. The molecule has 0 saturated carbocycles. The standard InChI is InChI=1S/C14H31N3O/c1-13(2,3)17-10-8-16(9-11-17)7-6-14(4,12-18)15-5/h15,18H,6-12H2,1-5H3. The third kappa shape index (κ3) is 4.50. The van der Waals surface area contributed by atoms with Crippen molar-refractivity contribution in [1.82, 2.24) is 15.1 Å². The lowest BCUT2D eigenvalue weighted by atomic mass is 9.98. The van der Waals surface area contributed by atoms with Crippen molar-refractivity contribution < 1.29 is 5.11 Å². The first-order chi connectivity index (χ1) is 8.30. The van der Waals surface area contributed by atoms with Gasteiger partial charge in [0.1, 0.15) is 0 Å². The number of piperazine rings is 1. The van der Waals surface area contributed by atoms with Crippen LogP contribution in [-0.2, 0) is 0 Å². The first kappa shape index (κ1) is 15.9. The van der Waals surface area contributed by atoms with Crippen molar-refractivity contribution in [3.63, 3.8) is 0 Å². The van der Waals surface area contributed by atoms with Crippen molar-refractivity contribution >= 4 is 0 Å². The van der Waals surface area contributed by atoms with Crippen LogP contribution in [0.5, 0.6) is 0 Å². The smallest absolute Gasteiger partial charge is 0.0610 e. The van der Waals surface area contributed by atoms with E-state index >= 15 is 0 Å². The second kappa shape index (κ2) is 6.33. The lowest BCUT2D eigenvalue weighted by Gasteiger charge is -2.43. The molecule has 18 heavy (non-hydrogen) atoms. The second-order valence-electron chi connectivity index (χ2n) is 6.72. The summed E-state index contributed by atoms with van der Waals surface area (Å²) in [6.45, 7) is 14.8. The second-order valence-corrected chi connectivity index (χ2v) is 6.72. The Hall–Kier alpha value is -0.160. The predicted octanol–water partition coefficient (Wildman–Crippen LogP) is 0.763. The van der Waals surface area contributed by atoms with E-state index < -0.39 is 0 Å². The Morgan fingerprint density at radius 1 is 1.06 bits per heavy atom. The molecule has 1 heterocycles. The van der Waals surface area contributed by atoms with Crippen LogP contribution >= 0.6 is 0 Å². The molecule has 1 saturated heterocycles. The maximum atomic E-state index is 9.37. The van der Waals surface area contributed by atoms with Gasteiger partial charge in [0.25, 0.3) is 0 Å². The Morgan fingerprint density at radius 2 is 1.61 bits per heavy atom. The predicted molar refractivity (Wildman–Crippen MR) is 76.9 cm³/mol. The van der Waals surface area contributed by atoms with Crippen molar-refractivity contribution in [2.24, 2.45) is 0 Å². The molecule has 1 atom stereocenters. The summed E-state index contributed by atoms with van der Waals surface area (Å²) in [7, 11) is 1.92. The molecule has 1 rings (SSSR count). The van der Waals surface area contributed by atoms with Gasteiger partial charge in [-0.3, -0.25) is 4.90 Å². The van der Waals surface area contributed by atoms with Gasteiger partial charge in [-0.25, -0.2) is 0 Å². The van der Waals surface area contributed by atoms with Gasteiger partial charge in [-0.05, 0) is 41.2 Å². The molecular formula is C14H31N3O. The molecule has 0 aromatic rings. The molecule has 1 unspecified atom stereocenters. The SMILES string of the molecule is CNC(C)(CO)CCN1CCN(C(C)(C)C)CC1. The van der Waals surface area contributed by atoms with Crippen LogP contribution in [0.4, 0.5) is 0 Å². The molecule has 0 amide bonds. The van der Waals surface area contributed by atoms with E-state index in [9.17, 15) is 5.11 Å². The average molecular weight is 257 g/mol. The Bertz CT molecular complexity index is 238. The zero-order chi connectivity index (χ0) is 13.8. The minimum absolute atomic E-state index is 0.138. The van der Waals surface area contributed by atoms with Crippen LogP contribution in [0.2, 0.25) is 0 Å². The Labute approximate surface area is 112 Å². The molecule has 108 valence electrons. The van der Waals surface area contributed by atoms with Gasteiger partial charge in [-0.2, -0.15) is 0 Å². The number of likely N-dealkylation sites (N-methyl/N-ethyl adjacent to an activating group) is 1. The van der Waals surface area contributed by atoms with Crippen molar-refractivity contribution in [1.29, 1.82) is 0 Å². The van der Waals surface area contributed by atoms with E-state index in [4.69, 9.17) is 0 Å². The van der Waals surface area contributed by atoms with Crippen molar-refractivity contribution in [2.45, 2.75) is 45.2 Å². The summed E-state index contributed by atoms with van der Waals surface area (Å²) in [6, 6.07) is 0. The van der Waals surface area contributed by atoms with Gasteiger partial charge in [-0.1, -0.05) is 0 Å². The fourth-order valence-corrected chi connectivity index (χ4v) is 2.33. The van der Waals surface area contributed by atoms with Crippen LogP contribution in [0, 0.1) is 0 Å². The lowest BCUT2D eigenvalue weighted by molar-refractivity contribution is 0.0553. The zero-order valence-corrected chi connectivity index (χ0v) is 12.8. The lowest BCUT2D eigenvalue weighted by Crippen LogP contribution is -2.54. The summed E-state index contributed by atoms with van der Waals surface area (Å²) in [5.41, 5.74) is 0.151. The Kier molecular flexibility index (Phi) is 5.59. The monoisotopic (exact) mass is 257 g/mol. The molecule has 0 radical (unpaired) electrons. The van der Waals surface area contributed by atoms with E-state index in [0.29, 0.717) is 0 Å². The minimum Gasteiger partial charge on any atom is -0.394 e. The van der Waals surface area contributed by atoms with Gasteiger partial charge >= 0.3 is 0 Å². The summed E-state index contributed by atoms with van der Waals surface area (Å²) in [5.74, 6) is 0. The summed E-state index contributed by atoms with van der Waals surface area (Å²) >= 11 is 0. The molecule has 0 aromatic carbocycles. The van der Waals surface area contributed by atoms with Crippen LogP contribution in [0.3, 0.4) is 0 Å². The molecule has 1 aliphatic heterocycles. The number of aliphatic hydroxyl groups excluding tert-OH is 1. The third-order valence-electron chi connectivity index (χ3n) is 4.25. The molecule has 0 bridgehead atoms. The molecule has 1 fully saturated rings. The molecule has 0 aromatic heterocycles. The van der Waals surface area contributed by atoms with Gasteiger partial charge in [0.2, 0.25) is 0 Å². The van der Waals surface area contributed by atoms with Gasteiger partial charge in [-0.15, -0.1) is 0 Å². The molecule has 2 N–H and O–H groups in total. The van der Waals surface area contributed by atoms with E-state index in [1.165, 1.54) is 0 Å². The maximum Gasteiger partial charge on any atom is 0.0610 e. The topological polar surface area (TPSA) is 38.7 Å². The maximum absolute atomic E-state index is 9.37. The Balaban J connectivity index is 2.32. The van der Waals surface area contributed by atoms with E-state index in [1.54, 1.807) is 0 Å². The number of hydrogen-bond acceptors (Lipinski definition) is 4. The molecular weight excluding hydrogens is 226 g/mol. The molecule has 4 nitrogen and oxygen atoms in total. The van der Waals surface area contributed by atoms with Gasteiger partial charge in [0, 0.05) is 43.8 Å². The van der Waals surface area contributed by atoms with Crippen LogP contribution in [0.25, 0.3) is 0 Å². The van der Waals surface area contributed by atoms with Crippen molar-refractivity contribution in [2.75, 3.05) is 46.4 Å². The summed E-state index contributed by atoms with van der Waals surface area (Å²) in [6.07, 6.45) is 0.996. The van der Waals surface area contributed by atoms with Gasteiger partial charge in [0.05, 0.1) is 6.61 Å². The van der Waals surface area contributed by atoms with Crippen molar-refractivity contribution in [3.8, 4) is 0 Å². The number of nitrogens with zero attached hydrogens (tertiary/aromatic N) is 2. The fourth-order valence-electron chi connectivity index (χ4n) is 2.33. The van der Waals surface area contributed by atoms with E-state index in [0.717, 1.165) is 39.1 Å². The quantitative estimate of drug-likeness (QED) is 0.763. The van der Waals surface area contributed by atoms with E-state index in [1.807, 2.05) is 7.05 Å². The Morgan fingerprint density at radius 3 is 2.00 bits per heavy atom. The first-order valence-electron chi connectivity index (χ1n) is 7.08. The summed E-state index contributed by atoms with van der Waals surface area (Å²) in [5, 5.41) is 12.6. The van der Waals surface area contributed by atoms with Crippen LogP contribution in [-0.4, -0.2) is 72.4 Å². The van der Waals surface area contributed by atoms with Crippen LogP contribution < -0.4 is 5.32 Å². The number of hydrogen-bond donors (Lipinski definition) is 2. The first-order valence-corrected chi connectivity index (χ1v) is 7.08. The van der Waals surface area contributed by atoms with Gasteiger partial charge in [0.15, 0.2) is 0 Å². The third-order valence-corrected chi connectivity index (χ3v) is 4.25. The van der Waals surface area contributed by atoms with E-state index in [-0.39, 0.29) is 17.7 Å². The largest absolute Gasteiger partial charge is 0.394 e. The number of nitrogens with one attached hydrogen (secondary N) is 1. The normalized spacial score (nSPS) is 23.0. The fraction of sp³-hybridized carbons (Fsp3) is 1.00. The molecule has 4 heteroatoms. The minimum atomic E-state index is -0.138. The highest BCUT2D eigenvalue weighted by molar-refractivity contribution is 4.85. The summed E-state index contributed by atoms with van der Waals surface area (Å²) in [4.78, 5) is 5.06. The van der Waals surface area contributed by atoms with Crippen LogP contribution in [0.1, 0.15) is 34.1 Å². The number of rotatable bonds is 5. The summed E-state index contributed by atoms with van der Waals surface area (Å²) < 4.78 is 0. The van der Waals surface area contributed by atoms with E-state index in [2.05, 4.69) is 42.8 Å². The molecule has 0 aliphatic carbocycles. The number of aliphatic hydroxyl groups is 1. The average Bonchev–Trinajstić information content (AvgIpc) is 2.35. The highest BCUT2D eigenvalue weighted by Crippen LogP contribution is 2.17. The van der Waals surface area contributed by atoms with Crippen molar-refractivity contribution in [3.05, 3.63) is 0 Å².